The van der Waals surface area contributed by atoms with E-state index in [1.165, 1.54) is 65.2 Å². The van der Waals surface area contributed by atoms with E-state index in [2.05, 4.69) is 224 Å². The van der Waals surface area contributed by atoms with Crippen LogP contribution in [0.25, 0.3) is 153 Å². The standard InChI is InChI=1S/C66H38N2O/c1-3-17-39(18-4-1)64-53-34-33-51-45-24-15-16-30-59(45)69-66(51)63(53)52-32-31-43(37-57(52)67-64)60-47-26-11-13-28-49(47)61(50-29-14-12-27-48(50)60)54-38-56-62(46-25-10-9-23-44(46)54)55-35-41-21-7-8-22-42(41)36-58(55)68-65(56)40-19-5-2-6-20-40/h1-38H. The first-order chi connectivity index (χ1) is 34.2. The van der Waals surface area contributed by atoms with E-state index in [-0.39, 0.29) is 0 Å². The molecule has 15 aromatic rings. The molecule has 318 valence electrons. The number of hydrogen-bond acceptors (Lipinski definition) is 3. The minimum Gasteiger partial charge on any atom is -0.455 e. The molecule has 69 heavy (non-hydrogen) atoms. The third-order valence-corrected chi connectivity index (χ3v) is 14.6. The normalized spacial score (nSPS) is 12.1. The van der Waals surface area contributed by atoms with E-state index in [4.69, 9.17) is 14.4 Å². The monoisotopic (exact) mass is 874 g/mol. The van der Waals surface area contributed by atoms with Gasteiger partial charge >= 0.3 is 0 Å². The summed E-state index contributed by atoms with van der Waals surface area (Å²) >= 11 is 0. The Labute approximate surface area is 396 Å². The second kappa shape index (κ2) is 14.7. The van der Waals surface area contributed by atoms with Crippen LogP contribution in [0.1, 0.15) is 0 Å². The van der Waals surface area contributed by atoms with Crippen LogP contribution in [0.15, 0.2) is 235 Å². The van der Waals surface area contributed by atoms with Crippen LogP contribution in [0.3, 0.4) is 0 Å². The van der Waals surface area contributed by atoms with Crippen molar-refractivity contribution in [1.29, 1.82) is 0 Å². The van der Waals surface area contributed by atoms with Crippen LogP contribution >= 0.6 is 0 Å². The average molecular weight is 875 g/mol. The molecule has 15 rings (SSSR count). The second-order valence-electron chi connectivity index (χ2n) is 18.3. The lowest BCUT2D eigenvalue weighted by Crippen LogP contribution is -1.95. The number of para-hydroxylation sites is 1. The van der Waals surface area contributed by atoms with Gasteiger partial charge in [-0.15, -0.1) is 0 Å². The summed E-state index contributed by atoms with van der Waals surface area (Å²) in [5.74, 6) is 0. The van der Waals surface area contributed by atoms with E-state index < -0.39 is 0 Å². The van der Waals surface area contributed by atoms with Crippen LogP contribution in [0.4, 0.5) is 0 Å². The van der Waals surface area contributed by atoms with Gasteiger partial charge < -0.3 is 4.42 Å². The van der Waals surface area contributed by atoms with E-state index in [1.54, 1.807) is 0 Å². The van der Waals surface area contributed by atoms with E-state index >= 15 is 0 Å². The summed E-state index contributed by atoms with van der Waals surface area (Å²) in [4.78, 5) is 11.1. The maximum absolute atomic E-state index is 6.75. The van der Waals surface area contributed by atoms with Gasteiger partial charge in [-0.1, -0.05) is 194 Å². The van der Waals surface area contributed by atoms with Gasteiger partial charge in [0.2, 0.25) is 0 Å². The molecule has 0 aliphatic heterocycles. The Kier molecular flexibility index (Phi) is 8.07. The fourth-order valence-corrected chi connectivity index (χ4v) is 11.5. The highest BCUT2D eigenvalue weighted by Crippen LogP contribution is 2.49. The minimum atomic E-state index is 0.884. The third kappa shape index (κ3) is 5.62. The molecule has 0 unspecified atom stereocenters. The molecular weight excluding hydrogens is 837 g/mol. The Morgan fingerprint density at radius 3 is 1.46 bits per heavy atom. The predicted octanol–water partition coefficient (Wildman–Crippen LogP) is 18.3. The number of pyridine rings is 2. The Hall–Kier alpha value is -9.18. The number of fused-ring (bicyclic) bond motifs is 15. The van der Waals surface area contributed by atoms with E-state index in [0.717, 1.165) is 88.0 Å². The van der Waals surface area contributed by atoms with E-state index in [1.807, 2.05) is 6.07 Å². The Morgan fingerprint density at radius 2 is 0.783 bits per heavy atom. The first-order valence-corrected chi connectivity index (χ1v) is 23.6. The average Bonchev–Trinajstić information content (AvgIpc) is 3.80. The van der Waals surface area contributed by atoms with Gasteiger partial charge in [0.1, 0.15) is 11.2 Å². The smallest absolute Gasteiger partial charge is 0.144 e. The van der Waals surface area contributed by atoms with Crippen LogP contribution < -0.4 is 0 Å². The fourth-order valence-electron chi connectivity index (χ4n) is 11.5. The number of rotatable bonds is 4. The molecular formula is C66H38N2O. The topological polar surface area (TPSA) is 38.9 Å². The molecule has 3 heteroatoms. The van der Waals surface area contributed by atoms with E-state index in [0.29, 0.717) is 0 Å². The number of nitrogens with zero attached hydrogens (tertiary/aromatic N) is 2. The number of benzene rings is 12. The quantitative estimate of drug-likeness (QED) is 0.131. The van der Waals surface area contributed by atoms with Gasteiger partial charge in [-0.3, -0.25) is 0 Å². The highest BCUT2D eigenvalue weighted by molar-refractivity contribution is 6.31. The zero-order chi connectivity index (χ0) is 45.2. The maximum Gasteiger partial charge on any atom is 0.144 e. The van der Waals surface area contributed by atoms with Crippen molar-refractivity contribution >= 4 is 108 Å². The Balaban J connectivity index is 1.03. The zero-order valence-corrected chi connectivity index (χ0v) is 37.2. The van der Waals surface area contributed by atoms with Crippen molar-refractivity contribution in [1.82, 2.24) is 9.97 Å². The van der Waals surface area contributed by atoms with Gasteiger partial charge in [0.25, 0.3) is 0 Å². The predicted molar refractivity (Wildman–Crippen MR) is 291 cm³/mol. The molecule has 0 atom stereocenters. The number of hydrogen-bond donors (Lipinski definition) is 0. The summed E-state index contributed by atoms with van der Waals surface area (Å²) in [6.07, 6.45) is 0. The van der Waals surface area contributed by atoms with Crippen LogP contribution in [0, 0.1) is 0 Å². The van der Waals surface area contributed by atoms with Crippen LogP contribution in [0.5, 0.6) is 0 Å². The Morgan fingerprint density at radius 1 is 0.275 bits per heavy atom. The molecule has 12 aromatic carbocycles. The first-order valence-electron chi connectivity index (χ1n) is 23.6. The molecule has 0 aliphatic rings. The minimum absolute atomic E-state index is 0.884. The van der Waals surface area contributed by atoms with Gasteiger partial charge in [-0.2, -0.15) is 0 Å². The van der Waals surface area contributed by atoms with Crippen molar-refractivity contribution < 1.29 is 4.42 Å². The maximum atomic E-state index is 6.75. The molecule has 0 aliphatic carbocycles. The number of furan rings is 1. The molecule has 0 saturated carbocycles. The first kappa shape index (κ1) is 38.0. The van der Waals surface area contributed by atoms with Crippen molar-refractivity contribution in [3.8, 4) is 44.8 Å². The number of aromatic nitrogens is 2. The SMILES string of the molecule is c1ccc(-c2nc3cc4ccccc4cc3c3c2cc(-c2c4ccccc4c(-c4ccc5c(c4)nc(-c4ccccc4)c4ccc6c7ccccc7oc6c45)c4ccccc24)c2ccccc23)cc1. The van der Waals surface area contributed by atoms with Crippen molar-refractivity contribution in [2.45, 2.75) is 0 Å². The summed E-state index contributed by atoms with van der Waals surface area (Å²) in [6.45, 7) is 0. The lowest BCUT2D eigenvalue weighted by molar-refractivity contribution is 0.673. The highest BCUT2D eigenvalue weighted by Gasteiger charge is 2.23. The summed E-state index contributed by atoms with van der Waals surface area (Å²) in [7, 11) is 0. The van der Waals surface area contributed by atoms with E-state index in [9.17, 15) is 0 Å². The molecule has 0 radical (unpaired) electrons. The van der Waals surface area contributed by atoms with Gasteiger partial charge in [0, 0.05) is 54.2 Å². The van der Waals surface area contributed by atoms with Crippen molar-refractivity contribution in [2.75, 3.05) is 0 Å². The highest BCUT2D eigenvalue weighted by atomic mass is 16.3. The van der Waals surface area contributed by atoms with Crippen LogP contribution in [0.2, 0.25) is 0 Å². The zero-order valence-electron chi connectivity index (χ0n) is 37.2. The van der Waals surface area contributed by atoms with Crippen molar-refractivity contribution in [2.24, 2.45) is 0 Å². The van der Waals surface area contributed by atoms with Crippen LogP contribution in [-0.4, -0.2) is 9.97 Å². The lowest BCUT2D eigenvalue weighted by atomic mass is 9.83. The van der Waals surface area contributed by atoms with Crippen molar-refractivity contribution in [3.63, 3.8) is 0 Å². The van der Waals surface area contributed by atoms with Gasteiger partial charge in [-0.25, -0.2) is 9.97 Å². The molecule has 0 amide bonds. The fraction of sp³-hybridized carbons (Fsp3) is 0. The summed E-state index contributed by atoms with van der Waals surface area (Å²) < 4.78 is 6.75. The lowest BCUT2D eigenvalue weighted by Gasteiger charge is -2.21. The summed E-state index contributed by atoms with van der Waals surface area (Å²) in [6, 6.07) is 83.4. The molecule has 0 fully saturated rings. The molecule has 3 aromatic heterocycles. The van der Waals surface area contributed by atoms with Gasteiger partial charge in [0.05, 0.1) is 22.4 Å². The second-order valence-corrected chi connectivity index (χ2v) is 18.3. The molecule has 0 spiro atoms. The van der Waals surface area contributed by atoms with Crippen LogP contribution in [-0.2, 0) is 0 Å². The van der Waals surface area contributed by atoms with Gasteiger partial charge in [0.15, 0.2) is 0 Å². The van der Waals surface area contributed by atoms with Crippen molar-refractivity contribution in [3.05, 3.63) is 231 Å². The third-order valence-electron chi connectivity index (χ3n) is 14.6. The molecule has 0 N–H and O–H groups in total. The largest absolute Gasteiger partial charge is 0.455 e. The molecule has 3 nitrogen and oxygen atoms in total. The molecule has 3 heterocycles. The summed E-state index contributed by atoms with van der Waals surface area (Å²) in [5.41, 5.74) is 12.5. The van der Waals surface area contributed by atoms with Gasteiger partial charge in [-0.05, 0) is 102 Å². The summed E-state index contributed by atoms with van der Waals surface area (Å²) in [5, 5.41) is 18.5. The molecule has 0 bridgehead atoms. The Bertz CT molecular complexity index is 4590. The molecule has 0 saturated heterocycles.